The molecule has 0 spiro atoms. The Morgan fingerprint density at radius 1 is 1.50 bits per heavy atom. The molecule has 2 atom stereocenters. The fourth-order valence-electron chi connectivity index (χ4n) is 2.17. The maximum atomic E-state index is 12.2. The standard InChI is InChI=1S/C11H20N2OS.ClH/c1-8-7-13(3-4-15-8)11(14)9(2)10-5-12-6-10;/h8-10,12H,3-7H2,1-2H3;1H. The van der Waals surface area contributed by atoms with Gasteiger partial charge in [0.05, 0.1) is 0 Å². The first kappa shape index (κ1) is 14.1. The summed E-state index contributed by atoms with van der Waals surface area (Å²) in [5.74, 6) is 2.25. The minimum atomic E-state index is 0. The Balaban J connectivity index is 0.00000128. The number of halogens is 1. The van der Waals surface area contributed by atoms with Crippen molar-refractivity contribution in [3.8, 4) is 0 Å². The summed E-state index contributed by atoms with van der Waals surface area (Å²) in [5, 5.41) is 3.84. The van der Waals surface area contributed by atoms with Gasteiger partial charge in [0.2, 0.25) is 5.91 Å². The van der Waals surface area contributed by atoms with Gasteiger partial charge in [0, 0.05) is 30.0 Å². The normalized spacial score (nSPS) is 27.9. The predicted molar refractivity (Wildman–Crippen MR) is 71.3 cm³/mol. The summed E-state index contributed by atoms with van der Waals surface area (Å²) in [6.45, 7) is 8.21. The highest BCUT2D eigenvalue weighted by atomic mass is 35.5. The molecule has 0 radical (unpaired) electrons. The Morgan fingerprint density at radius 2 is 2.19 bits per heavy atom. The second kappa shape index (κ2) is 6.12. The van der Waals surface area contributed by atoms with E-state index < -0.39 is 0 Å². The van der Waals surface area contributed by atoms with E-state index in [-0.39, 0.29) is 18.3 Å². The summed E-state index contributed by atoms with van der Waals surface area (Å²) in [4.78, 5) is 14.2. The number of hydrogen-bond donors (Lipinski definition) is 1. The molecule has 94 valence electrons. The van der Waals surface area contributed by atoms with Crippen LogP contribution in [0.2, 0.25) is 0 Å². The van der Waals surface area contributed by atoms with E-state index in [0.717, 1.165) is 31.9 Å². The van der Waals surface area contributed by atoms with Crippen molar-refractivity contribution in [3.63, 3.8) is 0 Å². The molecular weight excluding hydrogens is 244 g/mol. The Bertz CT molecular complexity index is 248. The lowest BCUT2D eigenvalue weighted by molar-refractivity contribution is -0.137. The molecule has 0 aromatic carbocycles. The molecule has 2 unspecified atom stereocenters. The van der Waals surface area contributed by atoms with Gasteiger partial charge in [-0.05, 0) is 19.0 Å². The van der Waals surface area contributed by atoms with Gasteiger partial charge in [0.25, 0.3) is 0 Å². The molecule has 2 fully saturated rings. The van der Waals surface area contributed by atoms with Crippen molar-refractivity contribution in [2.45, 2.75) is 19.1 Å². The van der Waals surface area contributed by atoms with Crippen LogP contribution in [0.4, 0.5) is 0 Å². The second-order valence-corrected chi connectivity index (χ2v) is 6.22. The summed E-state index contributed by atoms with van der Waals surface area (Å²) in [6, 6.07) is 0. The summed E-state index contributed by atoms with van der Waals surface area (Å²) in [5.41, 5.74) is 0. The monoisotopic (exact) mass is 264 g/mol. The molecule has 0 aromatic heterocycles. The lowest BCUT2D eigenvalue weighted by atomic mass is 9.88. The van der Waals surface area contributed by atoms with Gasteiger partial charge in [0.15, 0.2) is 0 Å². The van der Waals surface area contributed by atoms with Gasteiger partial charge in [-0.25, -0.2) is 0 Å². The van der Waals surface area contributed by atoms with E-state index in [0.29, 0.717) is 17.1 Å². The zero-order valence-corrected chi connectivity index (χ0v) is 11.6. The van der Waals surface area contributed by atoms with Gasteiger partial charge in [-0.15, -0.1) is 12.4 Å². The van der Waals surface area contributed by atoms with E-state index in [1.807, 2.05) is 11.8 Å². The van der Waals surface area contributed by atoms with Gasteiger partial charge >= 0.3 is 0 Å². The molecule has 1 amide bonds. The van der Waals surface area contributed by atoms with Crippen molar-refractivity contribution in [2.75, 3.05) is 31.9 Å². The van der Waals surface area contributed by atoms with Crippen LogP contribution < -0.4 is 5.32 Å². The van der Waals surface area contributed by atoms with Crippen LogP contribution in [0.15, 0.2) is 0 Å². The number of nitrogens with zero attached hydrogens (tertiary/aromatic N) is 1. The van der Waals surface area contributed by atoms with Crippen molar-refractivity contribution in [2.24, 2.45) is 11.8 Å². The highest BCUT2D eigenvalue weighted by Gasteiger charge is 2.32. The van der Waals surface area contributed by atoms with Gasteiger partial charge < -0.3 is 10.2 Å². The fourth-order valence-corrected chi connectivity index (χ4v) is 3.19. The first-order valence-electron chi connectivity index (χ1n) is 5.79. The van der Waals surface area contributed by atoms with E-state index in [2.05, 4.69) is 24.1 Å². The van der Waals surface area contributed by atoms with E-state index in [4.69, 9.17) is 0 Å². The lowest BCUT2D eigenvalue weighted by Gasteiger charge is -2.37. The summed E-state index contributed by atoms with van der Waals surface area (Å²) in [6.07, 6.45) is 0. The number of nitrogens with one attached hydrogen (secondary N) is 1. The number of hydrogen-bond acceptors (Lipinski definition) is 3. The van der Waals surface area contributed by atoms with E-state index in [9.17, 15) is 4.79 Å². The maximum Gasteiger partial charge on any atom is 0.225 e. The SMILES string of the molecule is CC1CN(C(=O)C(C)C2CNC2)CCS1.Cl. The van der Waals surface area contributed by atoms with Crippen LogP contribution in [0.5, 0.6) is 0 Å². The van der Waals surface area contributed by atoms with Crippen molar-refractivity contribution in [3.05, 3.63) is 0 Å². The van der Waals surface area contributed by atoms with Gasteiger partial charge in [-0.2, -0.15) is 11.8 Å². The number of carbonyl (C=O) groups excluding carboxylic acids is 1. The first-order valence-corrected chi connectivity index (χ1v) is 6.84. The summed E-state index contributed by atoms with van der Waals surface area (Å²) >= 11 is 1.97. The maximum absolute atomic E-state index is 12.2. The highest BCUT2D eigenvalue weighted by molar-refractivity contribution is 7.99. The van der Waals surface area contributed by atoms with Crippen LogP contribution in [0.3, 0.4) is 0 Å². The van der Waals surface area contributed by atoms with Crippen LogP contribution >= 0.6 is 24.2 Å². The van der Waals surface area contributed by atoms with Gasteiger partial charge in [-0.3, -0.25) is 4.79 Å². The minimum absolute atomic E-state index is 0. The molecule has 0 saturated carbocycles. The van der Waals surface area contributed by atoms with Crippen LogP contribution in [-0.4, -0.2) is 48.0 Å². The third-order valence-corrected chi connectivity index (χ3v) is 4.60. The zero-order chi connectivity index (χ0) is 10.8. The molecule has 3 nitrogen and oxygen atoms in total. The topological polar surface area (TPSA) is 32.3 Å². The summed E-state index contributed by atoms with van der Waals surface area (Å²) in [7, 11) is 0. The highest BCUT2D eigenvalue weighted by Crippen LogP contribution is 2.23. The Labute approximate surface area is 108 Å². The average molecular weight is 265 g/mol. The molecule has 1 N–H and O–H groups in total. The number of rotatable bonds is 2. The quantitative estimate of drug-likeness (QED) is 0.814. The Kier molecular flexibility index (Phi) is 5.41. The van der Waals surface area contributed by atoms with Crippen LogP contribution in [0.25, 0.3) is 0 Å². The molecule has 16 heavy (non-hydrogen) atoms. The zero-order valence-electron chi connectivity index (χ0n) is 9.94. The predicted octanol–water partition coefficient (Wildman–Crippen LogP) is 1.23. The van der Waals surface area contributed by atoms with Gasteiger partial charge in [-0.1, -0.05) is 13.8 Å². The molecule has 2 aliphatic heterocycles. The third kappa shape index (κ3) is 3.05. The molecule has 0 bridgehead atoms. The van der Waals surface area contributed by atoms with Gasteiger partial charge in [0.1, 0.15) is 0 Å². The lowest BCUT2D eigenvalue weighted by Crippen LogP contribution is -2.52. The molecule has 0 aromatic rings. The molecule has 5 heteroatoms. The molecule has 0 aliphatic carbocycles. The largest absolute Gasteiger partial charge is 0.341 e. The Morgan fingerprint density at radius 3 is 2.69 bits per heavy atom. The van der Waals surface area contributed by atoms with E-state index >= 15 is 0 Å². The number of amides is 1. The van der Waals surface area contributed by atoms with Crippen molar-refractivity contribution >= 4 is 30.1 Å². The van der Waals surface area contributed by atoms with E-state index in [1.54, 1.807) is 0 Å². The molecule has 2 heterocycles. The van der Waals surface area contributed by atoms with Crippen molar-refractivity contribution in [1.82, 2.24) is 10.2 Å². The van der Waals surface area contributed by atoms with Crippen LogP contribution in [0, 0.1) is 11.8 Å². The minimum Gasteiger partial charge on any atom is -0.341 e. The van der Waals surface area contributed by atoms with Crippen LogP contribution in [-0.2, 0) is 4.79 Å². The second-order valence-electron chi connectivity index (χ2n) is 4.67. The number of carbonyl (C=O) groups is 1. The van der Waals surface area contributed by atoms with E-state index in [1.165, 1.54) is 0 Å². The molecule has 2 saturated heterocycles. The summed E-state index contributed by atoms with van der Waals surface area (Å²) < 4.78 is 0. The average Bonchev–Trinajstić information content (AvgIpc) is 2.14. The molecule has 2 aliphatic rings. The van der Waals surface area contributed by atoms with Crippen molar-refractivity contribution < 1.29 is 4.79 Å². The fraction of sp³-hybridized carbons (Fsp3) is 0.909. The van der Waals surface area contributed by atoms with Crippen molar-refractivity contribution in [1.29, 1.82) is 0 Å². The molecular formula is C11H21ClN2OS. The third-order valence-electron chi connectivity index (χ3n) is 3.46. The van der Waals surface area contributed by atoms with Crippen LogP contribution in [0.1, 0.15) is 13.8 Å². The molecule has 2 rings (SSSR count). The first-order chi connectivity index (χ1) is 7.18. The Hall–Kier alpha value is 0.0700. The number of thioether (sulfide) groups is 1. The smallest absolute Gasteiger partial charge is 0.225 e.